The SMILES string of the molecule is CCOc1cc(C=C2SC(=Nc3ccc(C(=O)OC)cc3)N(CC)C2=O)cc(I)c1OCC(N)=O. The van der Waals surface area contributed by atoms with Gasteiger partial charge in [0.1, 0.15) is 0 Å². The molecule has 0 radical (unpaired) electrons. The first kappa shape index (κ1) is 26.5. The summed E-state index contributed by atoms with van der Waals surface area (Å²) in [6.45, 7) is 4.29. The predicted molar refractivity (Wildman–Crippen MR) is 143 cm³/mol. The smallest absolute Gasteiger partial charge is 0.337 e. The summed E-state index contributed by atoms with van der Waals surface area (Å²) in [5, 5.41) is 0.538. The Labute approximate surface area is 220 Å². The van der Waals surface area contributed by atoms with Gasteiger partial charge in [0.25, 0.3) is 11.8 Å². The van der Waals surface area contributed by atoms with E-state index in [-0.39, 0.29) is 12.5 Å². The maximum atomic E-state index is 13.0. The number of hydrogen-bond acceptors (Lipinski definition) is 8. The molecule has 9 nitrogen and oxygen atoms in total. The van der Waals surface area contributed by atoms with E-state index in [1.807, 2.05) is 19.9 Å². The van der Waals surface area contributed by atoms with E-state index in [1.165, 1.54) is 18.9 Å². The van der Waals surface area contributed by atoms with E-state index in [4.69, 9.17) is 19.9 Å². The maximum absolute atomic E-state index is 13.0. The number of amides is 2. The molecule has 0 spiro atoms. The van der Waals surface area contributed by atoms with Gasteiger partial charge in [0.05, 0.1) is 33.4 Å². The maximum Gasteiger partial charge on any atom is 0.337 e. The van der Waals surface area contributed by atoms with Crippen molar-refractivity contribution in [1.29, 1.82) is 0 Å². The molecule has 2 N–H and O–H groups in total. The minimum atomic E-state index is -0.589. The van der Waals surface area contributed by atoms with E-state index in [0.29, 0.717) is 49.5 Å². The second-order valence-corrected chi connectivity index (χ2v) is 9.28. The lowest BCUT2D eigenvalue weighted by molar-refractivity contribution is -0.122. The number of halogens is 1. The van der Waals surface area contributed by atoms with Crippen LogP contribution < -0.4 is 15.2 Å². The number of rotatable bonds is 9. The standard InChI is InChI=1S/C24H24IN3O6S/c1-4-28-22(30)19(35-24(28)27-16-8-6-15(7-9-16)23(31)32-3)12-14-10-17(25)21(34-13-20(26)29)18(11-14)33-5-2/h6-12H,4-5,13H2,1-3H3,(H2,26,29). The number of nitrogens with two attached hydrogens (primary N) is 1. The first-order valence-corrected chi connectivity index (χ1v) is 12.5. The lowest BCUT2D eigenvalue weighted by Crippen LogP contribution is -2.28. The van der Waals surface area contributed by atoms with Crippen molar-refractivity contribution in [2.75, 3.05) is 26.9 Å². The van der Waals surface area contributed by atoms with Crippen molar-refractivity contribution >= 4 is 69.1 Å². The van der Waals surface area contributed by atoms with Gasteiger partial charge in [0.15, 0.2) is 23.3 Å². The van der Waals surface area contributed by atoms with E-state index in [9.17, 15) is 14.4 Å². The number of thioether (sulfide) groups is 1. The molecule has 1 aliphatic heterocycles. The van der Waals surface area contributed by atoms with Crippen molar-refractivity contribution in [3.63, 3.8) is 0 Å². The summed E-state index contributed by atoms with van der Waals surface area (Å²) in [5.74, 6) is -0.304. The largest absolute Gasteiger partial charge is 0.490 e. The summed E-state index contributed by atoms with van der Waals surface area (Å²) in [4.78, 5) is 42.5. The van der Waals surface area contributed by atoms with Gasteiger partial charge in [0.2, 0.25) is 0 Å². The Morgan fingerprint density at radius 2 is 1.89 bits per heavy atom. The molecule has 0 bridgehead atoms. The van der Waals surface area contributed by atoms with Gasteiger partial charge in [-0.25, -0.2) is 9.79 Å². The molecule has 11 heteroatoms. The Bertz CT molecular complexity index is 1200. The molecule has 0 atom stereocenters. The number of amidine groups is 1. The van der Waals surface area contributed by atoms with Gasteiger partial charge < -0.3 is 19.9 Å². The van der Waals surface area contributed by atoms with Gasteiger partial charge in [-0.1, -0.05) is 0 Å². The average Bonchev–Trinajstić information content (AvgIpc) is 3.12. The molecule has 2 amide bonds. The zero-order chi connectivity index (χ0) is 25.5. The molecule has 0 saturated carbocycles. The Balaban J connectivity index is 1.91. The highest BCUT2D eigenvalue weighted by Gasteiger charge is 2.32. The van der Waals surface area contributed by atoms with Crippen molar-refractivity contribution in [2.24, 2.45) is 10.7 Å². The van der Waals surface area contributed by atoms with E-state index in [1.54, 1.807) is 41.3 Å². The highest BCUT2D eigenvalue weighted by molar-refractivity contribution is 14.1. The second kappa shape index (κ2) is 12.1. The van der Waals surface area contributed by atoms with Crippen molar-refractivity contribution < 1.29 is 28.6 Å². The Kier molecular flexibility index (Phi) is 9.15. The first-order chi connectivity index (χ1) is 16.8. The summed E-state index contributed by atoms with van der Waals surface area (Å²) in [5.41, 5.74) is 6.96. The van der Waals surface area contributed by atoms with Gasteiger partial charge in [-0.05, 0) is 96.2 Å². The topological polar surface area (TPSA) is 121 Å². The predicted octanol–water partition coefficient (Wildman–Crippen LogP) is 3.96. The van der Waals surface area contributed by atoms with Crippen LogP contribution in [0.4, 0.5) is 5.69 Å². The van der Waals surface area contributed by atoms with Crippen LogP contribution in [0.1, 0.15) is 29.8 Å². The van der Waals surface area contributed by atoms with Gasteiger partial charge in [-0.2, -0.15) is 0 Å². The third kappa shape index (κ3) is 6.54. The van der Waals surface area contributed by atoms with Crippen LogP contribution >= 0.6 is 34.4 Å². The van der Waals surface area contributed by atoms with Crippen LogP contribution in [-0.2, 0) is 14.3 Å². The molecule has 2 aromatic rings. The fraction of sp³-hybridized carbons (Fsp3) is 0.250. The summed E-state index contributed by atoms with van der Waals surface area (Å²) in [7, 11) is 1.32. The van der Waals surface area contributed by atoms with Gasteiger partial charge >= 0.3 is 5.97 Å². The van der Waals surface area contributed by atoms with Crippen LogP contribution in [0.5, 0.6) is 11.5 Å². The zero-order valence-corrected chi connectivity index (χ0v) is 22.3. The van der Waals surface area contributed by atoms with Crippen molar-refractivity contribution in [2.45, 2.75) is 13.8 Å². The molecule has 0 unspecified atom stereocenters. The molecular weight excluding hydrogens is 585 g/mol. The number of methoxy groups -OCH3 is 1. The molecule has 2 aromatic carbocycles. The van der Waals surface area contributed by atoms with Crippen LogP contribution in [0.25, 0.3) is 6.08 Å². The summed E-state index contributed by atoms with van der Waals surface area (Å²) in [6, 6.07) is 10.2. The van der Waals surface area contributed by atoms with E-state index >= 15 is 0 Å². The summed E-state index contributed by atoms with van der Waals surface area (Å²) in [6.07, 6.45) is 1.76. The molecule has 1 heterocycles. The number of carbonyl (C=O) groups is 3. The number of aliphatic imine (C=N–C) groups is 1. The van der Waals surface area contributed by atoms with Crippen LogP contribution in [0, 0.1) is 3.57 Å². The van der Waals surface area contributed by atoms with E-state index < -0.39 is 11.9 Å². The number of primary amides is 1. The number of benzene rings is 2. The molecule has 1 aliphatic rings. The third-order valence-electron chi connectivity index (χ3n) is 4.71. The minimum Gasteiger partial charge on any atom is -0.490 e. The van der Waals surface area contributed by atoms with Gasteiger partial charge in [-0.3, -0.25) is 14.5 Å². The zero-order valence-electron chi connectivity index (χ0n) is 19.4. The molecule has 184 valence electrons. The Morgan fingerprint density at radius 1 is 1.17 bits per heavy atom. The van der Waals surface area contributed by atoms with Crippen LogP contribution in [0.3, 0.4) is 0 Å². The fourth-order valence-electron chi connectivity index (χ4n) is 3.14. The second-order valence-electron chi connectivity index (χ2n) is 7.11. The number of hydrogen-bond donors (Lipinski definition) is 1. The molecule has 3 rings (SSSR count). The number of likely N-dealkylation sites (N-methyl/N-ethyl adjacent to an activating group) is 1. The lowest BCUT2D eigenvalue weighted by Gasteiger charge is -2.14. The normalized spacial score (nSPS) is 15.5. The average molecular weight is 609 g/mol. The summed E-state index contributed by atoms with van der Waals surface area (Å²) < 4.78 is 16.6. The monoisotopic (exact) mass is 609 g/mol. The molecule has 1 fully saturated rings. The fourth-order valence-corrected chi connectivity index (χ4v) is 4.98. The molecule has 35 heavy (non-hydrogen) atoms. The number of nitrogens with zero attached hydrogens (tertiary/aromatic N) is 2. The number of carbonyl (C=O) groups excluding carboxylic acids is 3. The molecule has 0 aromatic heterocycles. The Hall–Kier alpha value is -3.06. The number of ether oxygens (including phenoxy) is 3. The van der Waals surface area contributed by atoms with Gasteiger partial charge in [-0.15, -0.1) is 0 Å². The lowest BCUT2D eigenvalue weighted by atomic mass is 10.2. The van der Waals surface area contributed by atoms with Crippen molar-refractivity contribution in [1.82, 2.24) is 4.90 Å². The van der Waals surface area contributed by atoms with E-state index in [2.05, 4.69) is 27.6 Å². The molecular formula is C24H24IN3O6S. The van der Waals surface area contributed by atoms with Crippen LogP contribution in [0.15, 0.2) is 46.3 Å². The minimum absolute atomic E-state index is 0.163. The first-order valence-electron chi connectivity index (χ1n) is 10.6. The Morgan fingerprint density at radius 3 is 2.49 bits per heavy atom. The highest BCUT2D eigenvalue weighted by atomic mass is 127. The highest BCUT2D eigenvalue weighted by Crippen LogP contribution is 2.38. The molecule has 1 saturated heterocycles. The summed E-state index contributed by atoms with van der Waals surface area (Å²) >= 11 is 3.34. The van der Waals surface area contributed by atoms with Crippen LogP contribution in [0.2, 0.25) is 0 Å². The van der Waals surface area contributed by atoms with Crippen molar-refractivity contribution in [3.05, 3.63) is 56.0 Å². The third-order valence-corrected chi connectivity index (χ3v) is 6.51. The van der Waals surface area contributed by atoms with Crippen molar-refractivity contribution in [3.8, 4) is 11.5 Å². The van der Waals surface area contributed by atoms with E-state index in [0.717, 1.165) is 5.56 Å². The van der Waals surface area contributed by atoms with Crippen LogP contribution in [-0.4, -0.2) is 54.7 Å². The van der Waals surface area contributed by atoms with Gasteiger partial charge in [0, 0.05) is 6.54 Å². The quantitative estimate of drug-likeness (QED) is 0.260. The number of esters is 1. The molecule has 0 aliphatic carbocycles.